The van der Waals surface area contributed by atoms with Gasteiger partial charge in [-0.15, -0.1) is 5.10 Å². The number of nitrogens with one attached hydrogen (secondary N) is 1. The van der Waals surface area contributed by atoms with Crippen molar-refractivity contribution < 1.29 is 0 Å². The molecule has 0 saturated carbocycles. The maximum absolute atomic E-state index is 4.44. The van der Waals surface area contributed by atoms with Crippen LogP contribution in [0.1, 0.15) is 22.4 Å². The van der Waals surface area contributed by atoms with Gasteiger partial charge >= 0.3 is 0 Å². The molecule has 6 heteroatoms. The van der Waals surface area contributed by atoms with Crippen LogP contribution in [0.4, 0.5) is 0 Å². The highest BCUT2D eigenvalue weighted by molar-refractivity contribution is 5.67. The van der Waals surface area contributed by atoms with Crippen LogP contribution in [0.5, 0.6) is 0 Å². The van der Waals surface area contributed by atoms with Gasteiger partial charge in [-0.3, -0.25) is 5.10 Å². The first kappa shape index (κ1) is 14.8. The molecule has 0 spiro atoms. The fourth-order valence-corrected chi connectivity index (χ4v) is 3.72. The molecule has 0 unspecified atom stereocenters. The van der Waals surface area contributed by atoms with Gasteiger partial charge in [-0.05, 0) is 21.6 Å². The topological polar surface area (TPSA) is 72.3 Å². The third kappa shape index (κ3) is 2.19. The summed E-state index contributed by atoms with van der Waals surface area (Å²) < 4.78 is 1.58. The zero-order chi connectivity index (χ0) is 17.4. The summed E-state index contributed by atoms with van der Waals surface area (Å²) in [5, 5.41) is 19.0. The number of nitrogens with zero attached hydrogens (tertiary/aromatic N) is 5. The summed E-state index contributed by atoms with van der Waals surface area (Å²) in [5.74, 6) is 0.718. The minimum absolute atomic E-state index is 0.236. The number of aromatic amines is 1. The van der Waals surface area contributed by atoms with Crippen molar-refractivity contribution >= 4 is 6.08 Å². The Bertz CT molecular complexity index is 1010. The van der Waals surface area contributed by atoms with Gasteiger partial charge < -0.3 is 0 Å². The summed E-state index contributed by atoms with van der Waals surface area (Å²) in [6.07, 6.45) is 6.74. The van der Waals surface area contributed by atoms with E-state index in [9.17, 15) is 0 Å². The first-order valence-electron chi connectivity index (χ1n) is 8.48. The fraction of sp³-hybridized carbons (Fsp3) is 0.100. The van der Waals surface area contributed by atoms with Crippen molar-refractivity contribution in [3.8, 4) is 5.82 Å². The molecule has 6 nitrogen and oxygen atoms in total. The Morgan fingerprint density at radius 3 is 2.23 bits per heavy atom. The van der Waals surface area contributed by atoms with E-state index in [4.69, 9.17) is 0 Å². The van der Waals surface area contributed by atoms with E-state index in [0.29, 0.717) is 0 Å². The van der Waals surface area contributed by atoms with Crippen LogP contribution >= 0.6 is 0 Å². The van der Waals surface area contributed by atoms with Gasteiger partial charge in [-0.1, -0.05) is 72.8 Å². The molecule has 1 aliphatic rings. The SMILES string of the molecule is C1=CC(c2ccccc2)(c2ccccc2)Cc2[nH]nc(-n3cnnn3)c21. The number of hydrogen-bond donors (Lipinski definition) is 1. The van der Waals surface area contributed by atoms with E-state index in [-0.39, 0.29) is 5.41 Å². The van der Waals surface area contributed by atoms with Gasteiger partial charge in [-0.25, -0.2) is 0 Å². The maximum atomic E-state index is 4.44. The first-order chi connectivity index (χ1) is 12.9. The molecule has 2 heterocycles. The first-order valence-corrected chi connectivity index (χ1v) is 8.48. The normalized spacial score (nSPS) is 14.9. The number of benzene rings is 2. The number of tetrazole rings is 1. The second kappa shape index (κ2) is 5.77. The molecule has 0 aliphatic heterocycles. The van der Waals surface area contributed by atoms with Crippen molar-refractivity contribution in [3.63, 3.8) is 0 Å². The molecular formula is C20H16N6. The third-order valence-electron chi connectivity index (χ3n) is 5.00. The van der Waals surface area contributed by atoms with E-state index >= 15 is 0 Å². The summed E-state index contributed by atoms with van der Waals surface area (Å²) in [6.45, 7) is 0. The lowest BCUT2D eigenvalue weighted by atomic mass is 9.68. The summed E-state index contributed by atoms with van der Waals surface area (Å²) >= 11 is 0. The maximum Gasteiger partial charge on any atom is 0.185 e. The lowest BCUT2D eigenvalue weighted by molar-refractivity contribution is 0.620. The van der Waals surface area contributed by atoms with Gasteiger partial charge in [0.15, 0.2) is 5.82 Å². The summed E-state index contributed by atoms with van der Waals surface area (Å²) in [5.41, 5.74) is 4.38. The highest BCUT2D eigenvalue weighted by Gasteiger charge is 2.36. The number of aromatic nitrogens is 6. The molecule has 0 bridgehead atoms. The number of hydrogen-bond acceptors (Lipinski definition) is 4. The standard InChI is InChI=1S/C20H16N6/c1-3-7-15(8-4-1)20(16-9-5-2-6-10-16)12-11-17-18(13-20)22-23-19(17)26-14-21-24-25-26/h1-12,14H,13H2,(H,22,23). The number of H-pyrrole nitrogens is 1. The van der Waals surface area contributed by atoms with Crippen LogP contribution in [0.2, 0.25) is 0 Å². The molecular weight excluding hydrogens is 324 g/mol. The van der Waals surface area contributed by atoms with Crippen molar-refractivity contribution in [3.05, 3.63) is 95.5 Å². The molecule has 0 fully saturated rings. The lowest BCUT2D eigenvalue weighted by Crippen LogP contribution is -2.30. The van der Waals surface area contributed by atoms with E-state index in [0.717, 1.165) is 23.5 Å². The fourth-order valence-electron chi connectivity index (χ4n) is 3.72. The van der Waals surface area contributed by atoms with E-state index < -0.39 is 0 Å². The van der Waals surface area contributed by atoms with Crippen molar-refractivity contribution in [1.82, 2.24) is 30.4 Å². The van der Waals surface area contributed by atoms with Gasteiger partial charge in [0, 0.05) is 23.1 Å². The zero-order valence-electron chi connectivity index (χ0n) is 13.9. The Morgan fingerprint density at radius 1 is 0.923 bits per heavy atom. The molecule has 1 N–H and O–H groups in total. The average Bonchev–Trinajstić information content (AvgIpc) is 3.38. The second-order valence-electron chi connectivity index (χ2n) is 6.41. The van der Waals surface area contributed by atoms with Gasteiger partial charge in [0.05, 0.1) is 0 Å². The minimum atomic E-state index is -0.236. The third-order valence-corrected chi connectivity index (χ3v) is 5.00. The zero-order valence-corrected chi connectivity index (χ0v) is 13.9. The molecule has 4 aromatic rings. The largest absolute Gasteiger partial charge is 0.280 e. The van der Waals surface area contributed by atoms with Gasteiger partial charge in [-0.2, -0.15) is 9.78 Å². The lowest BCUT2D eigenvalue weighted by Gasteiger charge is -2.34. The molecule has 0 amide bonds. The number of fused-ring (bicyclic) bond motifs is 1. The number of allylic oxidation sites excluding steroid dienone is 1. The summed E-state index contributed by atoms with van der Waals surface area (Å²) in [7, 11) is 0. The molecule has 0 atom stereocenters. The predicted octanol–water partition coefficient (Wildman–Crippen LogP) is 2.94. The Morgan fingerprint density at radius 2 is 1.62 bits per heavy atom. The summed E-state index contributed by atoms with van der Waals surface area (Å²) in [4.78, 5) is 0. The van der Waals surface area contributed by atoms with Crippen LogP contribution < -0.4 is 0 Å². The Kier molecular flexibility index (Phi) is 3.28. The Labute approximate surface area is 150 Å². The molecule has 2 aromatic heterocycles. The monoisotopic (exact) mass is 340 g/mol. The summed E-state index contributed by atoms with van der Waals surface area (Å²) in [6, 6.07) is 21.2. The van der Waals surface area contributed by atoms with E-state index in [1.807, 2.05) is 12.1 Å². The quantitative estimate of drug-likeness (QED) is 0.622. The second-order valence-corrected chi connectivity index (χ2v) is 6.41. The van der Waals surface area contributed by atoms with Crippen LogP contribution in [0.3, 0.4) is 0 Å². The van der Waals surface area contributed by atoms with Crippen molar-refractivity contribution in [2.45, 2.75) is 11.8 Å². The number of rotatable bonds is 3. The van der Waals surface area contributed by atoms with Gasteiger partial charge in [0.1, 0.15) is 6.33 Å². The van der Waals surface area contributed by atoms with Crippen molar-refractivity contribution in [1.29, 1.82) is 0 Å². The highest BCUT2D eigenvalue weighted by Crippen LogP contribution is 2.41. The van der Waals surface area contributed by atoms with Crippen molar-refractivity contribution in [2.24, 2.45) is 0 Å². The van der Waals surface area contributed by atoms with E-state index in [2.05, 4.69) is 86.4 Å². The van der Waals surface area contributed by atoms with Crippen molar-refractivity contribution in [2.75, 3.05) is 0 Å². The van der Waals surface area contributed by atoms with Gasteiger partial charge in [0.25, 0.3) is 0 Å². The predicted molar refractivity (Wildman–Crippen MR) is 97.7 cm³/mol. The van der Waals surface area contributed by atoms with E-state index in [1.165, 1.54) is 11.1 Å². The smallest absolute Gasteiger partial charge is 0.185 e. The van der Waals surface area contributed by atoms with Crippen LogP contribution in [0.15, 0.2) is 73.1 Å². The highest BCUT2D eigenvalue weighted by atomic mass is 15.5. The molecule has 26 heavy (non-hydrogen) atoms. The molecule has 1 aliphatic carbocycles. The minimum Gasteiger partial charge on any atom is -0.280 e. The Balaban J connectivity index is 1.67. The molecule has 2 aromatic carbocycles. The Hall–Kier alpha value is -3.54. The molecule has 0 saturated heterocycles. The van der Waals surface area contributed by atoms with E-state index in [1.54, 1.807) is 11.0 Å². The van der Waals surface area contributed by atoms with Crippen LogP contribution in [-0.2, 0) is 11.8 Å². The van der Waals surface area contributed by atoms with Crippen LogP contribution in [0, 0.1) is 0 Å². The molecule has 0 radical (unpaired) electrons. The molecule has 5 rings (SSSR count). The average molecular weight is 340 g/mol. The molecule has 126 valence electrons. The van der Waals surface area contributed by atoms with Crippen LogP contribution in [0.25, 0.3) is 11.9 Å². The van der Waals surface area contributed by atoms with Gasteiger partial charge in [0.2, 0.25) is 0 Å². The van der Waals surface area contributed by atoms with Crippen LogP contribution in [-0.4, -0.2) is 30.4 Å².